The van der Waals surface area contributed by atoms with Gasteiger partial charge in [-0.25, -0.2) is 14.8 Å². The summed E-state index contributed by atoms with van der Waals surface area (Å²) in [4.78, 5) is 19.2. The van der Waals surface area contributed by atoms with E-state index in [-0.39, 0.29) is 18.2 Å². The van der Waals surface area contributed by atoms with Crippen LogP contribution in [0.5, 0.6) is 0 Å². The molecule has 1 fully saturated rings. The van der Waals surface area contributed by atoms with Crippen LogP contribution in [-0.2, 0) is 15.1 Å². The molecule has 7 nitrogen and oxygen atoms in total. The van der Waals surface area contributed by atoms with Crippen molar-refractivity contribution in [3.8, 4) is 0 Å². The molecule has 158 valence electrons. The molecule has 0 aliphatic carbocycles. The van der Waals surface area contributed by atoms with Crippen LogP contribution in [0.4, 0.5) is 4.39 Å². The highest BCUT2D eigenvalue weighted by Crippen LogP contribution is 2.43. The average molecular weight is 412 g/mol. The molecular formula is C22H25FN4O3. The number of rotatable bonds is 5. The topological polar surface area (TPSA) is 99.3 Å². The number of nitrogens with zero attached hydrogens (tertiary/aromatic N) is 1. The van der Waals surface area contributed by atoms with E-state index in [0.717, 1.165) is 22.5 Å². The van der Waals surface area contributed by atoms with Crippen LogP contribution in [0.3, 0.4) is 0 Å². The Morgan fingerprint density at radius 2 is 2.10 bits per heavy atom. The molecule has 2 aromatic rings. The number of benzene rings is 1. The third-order valence-electron chi connectivity index (χ3n) is 5.65. The Hall–Kier alpha value is -2.97. The summed E-state index contributed by atoms with van der Waals surface area (Å²) in [7, 11) is 0. The lowest BCUT2D eigenvalue weighted by Gasteiger charge is -2.33. The van der Waals surface area contributed by atoms with E-state index in [1.54, 1.807) is 24.5 Å². The third kappa shape index (κ3) is 3.64. The van der Waals surface area contributed by atoms with Gasteiger partial charge in [0.1, 0.15) is 17.5 Å². The third-order valence-corrected chi connectivity index (χ3v) is 5.65. The van der Waals surface area contributed by atoms with Gasteiger partial charge >= 0.3 is 5.97 Å². The van der Waals surface area contributed by atoms with Crippen molar-refractivity contribution in [2.45, 2.75) is 44.4 Å². The molecule has 8 heteroatoms. The Kier molecular flexibility index (Phi) is 5.44. The molecule has 3 heterocycles. The molecule has 1 aromatic carbocycles. The van der Waals surface area contributed by atoms with Gasteiger partial charge < -0.3 is 20.3 Å². The molecule has 2 aliphatic heterocycles. The Morgan fingerprint density at radius 1 is 1.33 bits per heavy atom. The molecule has 30 heavy (non-hydrogen) atoms. The largest absolute Gasteiger partial charge is 0.458 e. The number of imidazole rings is 1. The van der Waals surface area contributed by atoms with Crippen LogP contribution >= 0.6 is 0 Å². The van der Waals surface area contributed by atoms with Gasteiger partial charge in [0, 0.05) is 18.2 Å². The van der Waals surface area contributed by atoms with Gasteiger partial charge in [-0.1, -0.05) is 19.9 Å². The molecule has 4 N–H and O–H groups in total. The summed E-state index contributed by atoms with van der Waals surface area (Å²) in [6.07, 6.45) is 6.27. The van der Waals surface area contributed by atoms with Crippen LogP contribution in [0.2, 0.25) is 0 Å². The fourth-order valence-electron chi connectivity index (χ4n) is 4.11. The number of aromatic amines is 1. The number of aromatic nitrogens is 2. The molecule has 0 radical (unpaired) electrons. The van der Waals surface area contributed by atoms with Crippen molar-refractivity contribution in [1.82, 2.24) is 20.8 Å². The van der Waals surface area contributed by atoms with E-state index in [4.69, 9.17) is 4.74 Å². The van der Waals surface area contributed by atoms with E-state index >= 15 is 0 Å². The highest BCUT2D eigenvalue weighted by Gasteiger charge is 2.46. The maximum atomic E-state index is 13.5. The number of hydrogen-bond donors (Lipinski definition) is 4. The standard InChI is InChI=1S/C22H25FN4O3/c1-13(2)22(19-11-24-12-25-19)18(8-7-17-9-16(28)10-20(29)30-17)21(26-27-22)14-3-5-15(23)6-4-14/h3-8,11-13,16-17,26-28H,9-10H2,1-2H3,(H,24,25)/b8-7+/t16-,17-,22?/m1/s1. The number of hydrazine groups is 1. The van der Waals surface area contributed by atoms with Crippen molar-refractivity contribution >= 4 is 11.7 Å². The second-order valence-electron chi connectivity index (χ2n) is 7.94. The lowest BCUT2D eigenvalue weighted by Crippen LogP contribution is -2.48. The first-order valence-corrected chi connectivity index (χ1v) is 9.99. The Balaban J connectivity index is 1.81. The molecule has 1 saturated heterocycles. The number of aliphatic hydroxyl groups excluding tert-OH is 1. The van der Waals surface area contributed by atoms with Gasteiger partial charge in [0.15, 0.2) is 0 Å². The number of cyclic esters (lactones) is 1. The molecule has 1 unspecified atom stereocenters. The van der Waals surface area contributed by atoms with Gasteiger partial charge in [-0.2, -0.15) is 0 Å². The predicted molar refractivity (Wildman–Crippen MR) is 109 cm³/mol. The van der Waals surface area contributed by atoms with Crippen molar-refractivity contribution in [1.29, 1.82) is 0 Å². The number of halogens is 1. The summed E-state index contributed by atoms with van der Waals surface area (Å²) in [5.41, 5.74) is 9.23. The minimum atomic E-state index is -0.715. The van der Waals surface area contributed by atoms with Crippen LogP contribution in [0.15, 0.2) is 54.5 Å². The second kappa shape index (κ2) is 8.04. The van der Waals surface area contributed by atoms with Crippen LogP contribution < -0.4 is 10.9 Å². The summed E-state index contributed by atoms with van der Waals surface area (Å²) < 4.78 is 18.9. The zero-order chi connectivity index (χ0) is 21.3. The van der Waals surface area contributed by atoms with Crippen LogP contribution in [0, 0.1) is 11.7 Å². The van der Waals surface area contributed by atoms with E-state index in [0.29, 0.717) is 6.42 Å². The molecule has 0 bridgehead atoms. The number of hydrogen-bond acceptors (Lipinski definition) is 6. The average Bonchev–Trinajstić information content (AvgIpc) is 3.35. The maximum absolute atomic E-state index is 13.5. The molecule has 1 aromatic heterocycles. The van der Waals surface area contributed by atoms with E-state index in [9.17, 15) is 14.3 Å². The highest BCUT2D eigenvalue weighted by molar-refractivity contribution is 5.75. The summed E-state index contributed by atoms with van der Waals surface area (Å²) in [5.74, 6) is -0.639. The fourth-order valence-corrected chi connectivity index (χ4v) is 4.11. The zero-order valence-corrected chi connectivity index (χ0v) is 16.9. The van der Waals surface area contributed by atoms with Crippen LogP contribution in [0.1, 0.15) is 37.9 Å². The summed E-state index contributed by atoms with van der Waals surface area (Å²) in [6, 6.07) is 6.24. The molecule has 0 amide bonds. The normalized spacial score (nSPS) is 27.0. The Bertz CT molecular complexity index is 969. The number of aliphatic hydroxyl groups is 1. The van der Waals surface area contributed by atoms with Crippen LogP contribution in [0.25, 0.3) is 5.70 Å². The second-order valence-corrected chi connectivity index (χ2v) is 7.94. The van der Waals surface area contributed by atoms with Gasteiger partial charge in [-0.05, 0) is 41.8 Å². The minimum Gasteiger partial charge on any atom is -0.458 e. The first-order chi connectivity index (χ1) is 14.4. The molecule has 0 spiro atoms. The summed E-state index contributed by atoms with van der Waals surface area (Å²) in [5, 5.41) is 9.92. The highest BCUT2D eigenvalue weighted by atomic mass is 19.1. The zero-order valence-electron chi connectivity index (χ0n) is 16.9. The van der Waals surface area contributed by atoms with E-state index in [1.807, 2.05) is 12.3 Å². The Labute approximate surface area is 174 Å². The predicted octanol–water partition coefficient (Wildman–Crippen LogP) is 2.54. The van der Waals surface area contributed by atoms with Crippen molar-refractivity contribution in [3.05, 3.63) is 71.6 Å². The van der Waals surface area contributed by atoms with Crippen molar-refractivity contribution < 1.29 is 19.0 Å². The molecule has 0 saturated carbocycles. The van der Waals surface area contributed by atoms with Crippen molar-refractivity contribution in [2.75, 3.05) is 0 Å². The van der Waals surface area contributed by atoms with Gasteiger partial charge in [-0.15, -0.1) is 0 Å². The fraction of sp³-hybridized carbons (Fsp3) is 0.364. The first kappa shape index (κ1) is 20.3. The van der Waals surface area contributed by atoms with E-state index in [1.165, 1.54) is 12.1 Å². The van der Waals surface area contributed by atoms with Gasteiger partial charge in [0.05, 0.1) is 30.2 Å². The van der Waals surface area contributed by atoms with E-state index in [2.05, 4.69) is 34.7 Å². The Morgan fingerprint density at radius 3 is 2.73 bits per heavy atom. The van der Waals surface area contributed by atoms with Gasteiger partial charge in [-0.3, -0.25) is 4.79 Å². The van der Waals surface area contributed by atoms with Gasteiger partial charge in [0.25, 0.3) is 0 Å². The maximum Gasteiger partial charge on any atom is 0.309 e. The number of ether oxygens (including phenoxy) is 1. The van der Waals surface area contributed by atoms with E-state index < -0.39 is 23.7 Å². The number of carbonyl (C=O) groups excluding carboxylic acids is 1. The molecule has 3 atom stereocenters. The van der Waals surface area contributed by atoms with Crippen LogP contribution in [-0.4, -0.2) is 33.3 Å². The molecule has 4 rings (SSSR count). The smallest absolute Gasteiger partial charge is 0.309 e. The van der Waals surface area contributed by atoms with Gasteiger partial charge in [0.2, 0.25) is 0 Å². The number of H-pyrrole nitrogens is 1. The monoisotopic (exact) mass is 412 g/mol. The number of carbonyl (C=O) groups is 1. The first-order valence-electron chi connectivity index (χ1n) is 9.99. The molecule has 2 aliphatic rings. The summed E-state index contributed by atoms with van der Waals surface area (Å²) >= 11 is 0. The lowest BCUT2D eigenvalue weighted by atomic mass is 9.76. The lowest BCUT2D eigenvalue weighted by molar-refractivity contribution is -0.156. The number of nitrogens with one attached hydrogen (secondary N) is 3. The van der Waals surface area contributed by atoms with Crippen molar-refractivity contribution in [2.24, 2.45) is 5.92 Å². The molecular weight excluding hydrogens is 387 g/mol. The minimum absolute atomic E-state index is 0.0141. The number of esters is 1. The SMILES string of the molecule is CC(C)C1(c2c[nH]cn2)NNC(c2ccc(F)cc2)=C1/C=C/[C@@H]1C[C@@H](O)CC(=O)O1. The summed E-state index contributed by atoms with van der Waals surface area (Å²) in [6.45, 7) is 4.16. The van der Waals surface area contributed by atoms with Crippen molar-refractivity contribution in [3.63, 3.8) is 0 Å². The quantitative estimate of drug-likeness (QED) is 0.564.